The molecule has 1 N–H and O–H groups in total. The molecule has 0 aliphatic carbocycles. The van der Waals surface area contributed by atoms with Gasteiger partial charge in [0, 0.05) is 18.4 Å². The number of para-hydroxylation sites is 1. The molecule has 1 aliphatic rings. The Balaban J connectivity index is 2.18. The summed E-state index contributed by atoms with van der Waals surface area (Å²) in [7, 11) is 0. The molecule has 5 nitrogen and oxygen atoms in total. The first kappa shape index (κ1) is 19.1. The quantitative estimate of drug-likeness (QED) is 0.596. The van der Waals surface area contributed by atoms with Gasteiger partial charge in [-0.2, -0.15) is 13.2 Å². The first-order chi connectivity index (χ1) is 13.3. The molecule has 10 heteroatoms. The molecular formula is C18H13ClF3N3O2S. The lowest BCUT2D eigenvalue weighted by molar-refractivity contribution is -0.141. The van der Waals surface area contributed by atoms with Crippen LogP contribution in [0.5, 0.6) is 0 Å². The molecular weight excluding hydrogens is 415 g/mol. The highest BCUT2D eigenvalue weighted by atomic mass is 35.5. The first-order valence-electron chi connectivity index (χ1n) is 8.33. The van der Waals surface area contributed by atoms with Gasteiger partial charge in [0.2, 0.25) is 4.90 Å². The van der Waals surface area contributed by atoms with Crippen molar-refractivity contribution in [2.75, 3.05) is 17.6 Å². The van der Waals surface area contributed by atoms with E-state index >= 15 is 0 Å². The van der Waals surface area contributed by atoms with Gasteiger partial charge in [-0.25, -0.2) is 4.98 Å². The van der Waals surface area contributed by atoms with Crippen molar-refractivity contribution >= 4 is 39.5 Å². The highest BCUT2D eigenvalue weighted by molar-refractivity contribution is 7.91. The molecule has 1 atom stereocenters. The van der Waals surface area contributed by atoms with Crippen molar-refractivity contribution in [3.63, 3.8) is 0 Å². The van der Waals surface area contributed by atoms with Crippen LogP contribution in [0.2, 0.25) is 5.02 Å². The smallest absolute Gasteiger partial charge is 0.433 e. The van der Waals surface area contributed by atoms with Crippen LogP contribution < -0.4 is 10.9 Å². The van der Waals surface area contributed by atoms with Crippen LogP contribution in [-0.4, -0.2) is 26.4 Å². The third-order valence-corrected chi connectivity index (χ3v) is 6.21. The van der Waals surface area contributed by atoms with Crippen LogP contribution in [0.1, 0.15) is 12.1 Å². The molecule has 0 saturated carbocycles. The average Bonchev–Trinajstić information content (AvgIpc) is 2.84. The lowest BCUT2D eigenvalue weighted by atomic mass is 10.2. The third kappa shape index (κ3) is 3.13. The van der Waals surface area contributed by atoms with Gasteiger partial charge in [0.25, 0.3) is 0 Å². The number of alkyl halides is 3. The Hall–Kier alpha value is -2.23. The van der Waals surface area contributed by atoms with Crippen LogP contribution in [0, 0.1) is 0 Å². The molecule has 0 radical (unpaired) electrons. The van der Waals surface area contributed by atoms with Crippen molar-refractivity contribution in [2.45, 2.75) is 17.5 Å². The van der Waals surface area contributed by atoms with Crippen molar-refractivity contribution < 1.29 is 17.7 Å². The Morgan fingerprint density at radius 3 is 2.68 bits per heavy atom. The molecule has 28 heavy (non-hydrogen) atoms. The maximum Gasteiger partial charge on any atom is 0.433 e. The van der Waals surface area contributed by atoms with Crippen LogP contribution in [-0.2, 0) is 17.4 Å². The number of nitrogens with zero attached hydrogens (tertiary/aromatic N) is 2. The van der Waals surface area contributed by atoms with Gasteiger partial charge in [-0.05, 0) is 35.4 Å². The number of rotatable bonds is 1. The normalized spacial score (nSPS) is 17.1. The van der Waals surface area contributed by atoms with Crippen LogP contribution in [0.3, 0.4) is 0 Å². The Kier molecular flexibility index (Phi) is 4.76. The summed E-state index contributed by atoms with van der Waals surface area (Å²) in [5, 5.41) is 3.47. The third-order valence-electron chi connectivity index (χ3n) is 4.40. The van der Waals surface area contributed by atoms with E-state index in [-0.39, 0.29) is 38.1 Å². The van der Waals surface area contributed by atoms with Crippen molar-refractivity contribution in [3.05, 3.63) is 57.5 Å². The summed E-state index contributed by atoms with van der Waals surface area (Å²) < 4.78 is 53.5. The minimum atomic E-state index is -4.68. The number of anilines is 1. The zero-order valence-corrected chi connectivity index (χ0v) is 15.8. The maximum absolute atomic E-state index is 13.3. The van der Waals surface area contributed by atoms with Crippen molar-refractivity contribution in [1.29, 1.82) is 0 Å². The van der Waals surface area contributed by atoms with E-state index in [2.05, 4.69) is 10.3 Å². The molecule has 1 aromatic carbocycles. The van der Waals surface area contributed by atoms with Crippen LogP contribution in [0.4, 0.5) is 18.9 Å². The maximum atomic E-state index is 13.3. The summed E-state index contributed by atoms with van der Waals surface area (Å²) in [5.41, 5.74) is -1.58. The van der Waals surface area contributed by atoms with Gasteiger partial charge in [0.1, 0.15) is 17.1 Å². The number of pyridine rings is 2. The molecule has 0 fully saturated rings. The van der Waals surface area contributed by atoms with Crippen LogP contribution >= 0.6 is 11.6 Å². The Morgan fingerprint density at radius 2 is 1.96 bits per heavy atom. The highest BCUT2D eigenvalue weighted by Crippen LogP contribution is 2.35. The Labute approximate surface area is 165 Å². The summed E-state index contributed by atoms with van der Waals surface area (Å²) in [4.78, 5) is 17.0. The molecule has 3 aromatic rings. The van der Waals surface area contributed by atoms with Crippen molar-refractivity contribution in [2.24, 2.45) is 0 Å². The lowest BCUT2D eigenvalue weighted by Crippen LogP contribution is -2.28. The molecule has 0 amide bonds. The summed E-state index contributed by atoms with van der Waals surface area (Å²) >= 11 is 4.61. The van der Waals surface area contributed by atoms with Gasteiger partial charge in [-0.15, -0.1) is 0 Å². The summed E-state index contributed by atoms with van der Waals surface area (Å²) in [5.74, 6) is 0.275. The van der Waals surface area contributed by atoms with E-state index in [1.165, 1.54) is 18.2 Å². The molecule has 146 valence electrons. The van der Waals surface area contributed by atoms with E-state index in [0.29, 0.717) is 13.0 Å². The molecule has 0 saturated heterocycles. The lowest BCUT2D eigenvalue weighted by Gasteiger charge is -2.18. The molecule has 0 spiro atoms. The number of aromatic nitrogens is 2. The van der Waals surface area contributed by atoms with E-state index in [4.69, 9.17) is 11.6 Å². The molecule has 0 bridgehead atoms. The molecule has 2 aromatic heterocycles. The molecule has 1 unspecified atom stereocenters. The highest BCUT2D eigenvalue weighted by Gasteiger charge is 2.35. The fourth-order valence-corrected chi connectivity index (χ4v) is 4.69. The fourth-order valence-electron chi connectivity index (χ4n) is 3.16. The standard InChI is InChI=1S/C18H13ClF3N3O2S/c19-11-4-1-2-5-12(11)25-16-10(6-7-13(24-16)18(20,21)22)14-15(17(25)26)28(27)9-3-8-23-14/h1-2,4-7,23H,3,8-9H2. The molecule has 3 heterocycles. The van der Waals surface area contributed by atoms with Gasteiger partial charge in [0.05, 0.1) is 10.7 Å². The predicted molar refractivity (Wildman–Crippen MR) is 102 cm³/mol. The van der Waals surface area contributed by atoms with E-state index in [9.17, 15) is 22.5 Å². The number of fused-ring (bicyclic) bond motifs is 3. The Morgan fingerprint density at radius 1 is 1.21 bits per heavy atom. The van der Waals surface area contributed by atoms with Crippen LogP contribution in [0.15, 0.2) is 46.1 Å². The van der Waals surface area contributed by atoms with E-state index in [1.807, 2.05) is 0 Å². The number of halogens is 4. The predicted octanol–water partition coefficient (Wildman–Crippen LogP) is 3.98. The van der Waals surface area contributed by atoms with Gasteiger partial charge in [-0.1, -0.05) is 23.7 Å². The van der Waals surface area contributed by atoms with Gasteiger partial charge in [-0.3, -0.25) is 9.36 Å². The molecule has 4 rings (SSSR count). The largest absolute Gasteiger partial charge is 0.611 e. The second kappa shape index (κ2) is 6.98. The molecule has 1 aliphatic heterocycles. The summed E-state index contributed by atoms with van der Waals surface area (Å²) in [6, 6.07) is 8.35. The summed E-state index contributed by atoms with van der Waals surface area (Å²) in [6.07, 6.45) is -4.12. The fraction of sp³-hybridized carbons (Fsp3) is 0.222. The van der Waals surface area contributed by atoms with Crippen molar-refractivity contribution in [1.82, 2.24) is 9.55 Å². The monoisotopic (exact) mass is 427 g/mol. The van der Waals surface area contributed by atoms with E-state index in [0.717, 1.165) is 10.6 Å². The topological polar surface area (TPSA) is 70.0 Å². The summed E-state index contributed by atoms with van der Waals surface area (Å²) in [6.45, 7) is 0.449. The Bertz CT molecular complexity index is 1130. The van der Waals surface area contributed by atoms with Crippen molar-refractivity contribution in [3.8, 4) is 5.69 Å². The first-order valence-corrected chi connectivity index (χ1v) is 10.0. The second-order valence-corrected chi connectivity index (χ2v) is 8.11. The zero-order chi connectivity index (χ0) is 20.1. The van der Waals surface area contributed by atoms with E-state index < -0.39 is 28.6 Å². The number of hydrogen-bond acceptors (Lipinski definition) is 4. The van der Waals surface area contributed by atoms with E-state index in [1.54, 1.807) is 12.1 Å². The minimum Gasteiger partial charge on any atom is -0.611 e. The number of benzene rings is 1. The van der Waals surface area contributed by atoms with Gasteiger partial charge in [0.15, 0.2) is 5.65 Å². The second-order valence-electron chi connectivity index (χ2n) is 6.19. The zero-order valence-electron chi connectivity index (χ0n) is 14.2. The van der Waals surface area contributed by atoms with Gasteiger partial charge < -0.3 is 9.87 Å². The van der Waals surface area contributed by atoms with Crippen LogP contribution in [0.25, 0.3) is 16.7 Å². The van der Waals surface area contributed by atoms with Gasteiger partial charge >= 0.3 is 11.7 Å². The number of nitrogens with one attached hydrogen (secondary N) is 1. The number of hydrogen-bond donors (Lipinski definition) is 1. The SMILES string of the molecule is O=c1c2c(c3ccc(C(F)(F)F)nc3n1-c1ccccc1Cl)NCCC[S+]2[O-]. The average molecular weight is 428 g/mol. The minimum absolute atomic E-state index is 0.0199.